The van der Waals surface area contributed by atoms with Crippen molar-refractivity contribution < 1.29 is 19.1 Å². The van der Waals surface area contributed by atoms with Gasteiger partial charge in [-0.1, -0.05) is 0 Å². The molecule has 1 aromatic rings. The van der Waals surface area contributed by atoms with Crippen molar-refractivity contribution in [3.63, 3.8) is 0 Å². The van der Waals surface area contributed by atoms with Gasteiger partial charge in [0.1, 0.15) is 11.7 Å². The van der Waals surface area contributed by atoms with Gasteiger partial charge in [-0.25, -0.2) is 4.39 Å². The van der Waals surface area contributed by atoms with Crippen LogP contribution < -0.4 is 4.90 Å². The molecule has 0 aliphatic carbocycles. The van der Waals surface area contributed by atoms with Crippen LogP contribution in [-0.2, 0) is 9.59 Å². The van der Waals surface area contributed by atoms with E-state index in [-0.39, 0.29) is 18.1 Å². The number of hydrogen-bond acceptors (Lipinski definition) is 3. The zero-order chi connectivity index (χ0) is 15.8. The highest BCUT2D eigenvalue weighted by Gasteiger charge is 2.17. The minimum atomic E-state index is -0.841. The van der Waals surface area contributed by atoms with Gasteiger partial charge in [0.25, 0.3) is 0 Å². The number of halogens is 1. The summed E-state index contributed by atoms with van der Waals surface area (Å²) in [5.74, 6) is -0.898. The maximum Gasteiger partial charge on any atom is 0.303 e. The second-order valence-electron chi connectivity index (χ2n) is 4.57. The minimum absolute atomic E-state index is 0.0909. The molecule has 0 unspecified atom stereocenters. The number of unbranched alkanes of at least 4 members (excludes halogenated alkanes) is 1. The van der Waals surface area contributed by atoms with Gasteiger partial charge in [0.15, 0.2) is 0 Å². The van der Waals surface area contributed by atoms with Crippen molar-refractivity contribution in [1.82, 2.24) is 0 Å². The molecule has 0 atom stereocenters. The number of carboxylic acid groups (broad SMARTS) is 1. The molecular formula is C15H19FN2O3. The van der Waals surface area contributed by atoms with E-state index in [1.165, 1.54) is 36.1 Å². The maximum atomic E-state index is 13.0. The third-order valence-corrected chi connectivity index (χ3v) is 2.96. The molecule has 0 bridgehead atoms. The second-order valence-corrected chi connectivity index (χ2v) is 4.57. The number of aliphatic carboxylic acids is 1. The summed E-state index contributed by atoms with van der Waals surface area (Å²) in [7, 11) is 1.58. The van der Waals surface area contributed by atoms with Crippen LogP contribution >= 0.6 is 0 Å². The Kier molecular flexibility index (Phi) is 6.52. The van der Waals surface area contributed by atoms with Gasteiger partial charge < -0.3 is 5.11 Å². The molecule has 0 aromatic heterocycles. The monoisotopic (exact) mass is 294 g/mol. The first-order valence-electron chi connectivity index (χ1n) is 6.69. The topological polar surface area (TPSA) is 70.0 Å². The lowest BCUT2D eigenvalue weighted by atomic mass is 10.1. The van der Waals surface area contributed by atoms with E-state index in [4.69, 9.17) is 5.11 Å². The van der Waals surface area contributed by atoms with E-state index in [1.54, 1.807) is 7.05 Å². The predicted molar refractivity (Wildman–Crippen MR) is 79.0 cm³/mol. The van der Waals surface area contributed by atoms with E-state index < -0.39 is 5.97 Å². The molecular weight excluding hydrogens is 275 g/mol. The Labute approximate surface area is 123 Å². The quantitative estimate of drug-likeness (QED) is 0.498. The largest absolute Gasteiger partial charge is 0.481 e. The summed E-state index contributed by atoms with van der Waals surface area (Å²) in [5.41, 5.74) is 0.544. The molecule has 0 saturated heterocycles. The molecule has 114 valence electrons. The lowest BCUT2D eigenvalue weighted by Crippen LogP contribution is -2.35. The number of amides is 1. The highest BCUT2D eigenvalue weighted by Crippen LogP contribution is 2.18. The van der Waals surface area contributed by atoms with Crippen molar-refractivity contribution in [1.29, 1.82) is 0 Å². The molecule has 0 spiro atoms. The van der Waals surface area contributed by atoms with Crippen LogP contribution in [0.4, 0.5) is 10.1 Å². The predicted octanol–water partition coefficient (Wildman–Crippen LogP) is 2.85. The number of anilines is 1. The van der Waals surface area contributed by atoms with E-state index in [1.807, 2.05) is 0 Å². The molecule has 6 heteroatoms. The number of hydrogen-bond donors (Lipinski definition) is 1. The smallest absolute Gasteiger partial charge is 0.303 e. The fourth-order valence-electron chi connectivity index (χ4n) is 1.99. The summed E-state index contributed by atoms with van der Waals surface area (Å²) in [4.78, 5) is 27.8. The third-order valence-electron chi connectivity index (χ3n) is 2.96. The van der Waals surface area contributed by atoms with Crippen LogP contribution in [0.15, 0.2) is 29.3 Å². The summed E-state index contributed by atoms with van der Waals surface area (Å²) in [6, 6.07) is 5.59. The molecule has 5 nitrogen and oxygen atoms in total. The van der Waals surface area contributed by atoms with Gasteiger partial charge in [0, 0.05) is 26.8 Å². The van der Waals surface area contributed by atoms with E-state index in [0.29, 0.717) is 30.8 Å². The molecule has 1 rings (SSSR count). The Bertz CT molecular complexity index is 526. The Hall–Kier alpha value is -2.24. The fraction of sp³-hybridized carbons (Fsp3) is 0.400. The van der Waals surface area contributed by atoms with E-state index in [2.05, 4.69) is 4.99 Å². The van der Waals surface area contributed by atoms with Crippen LogP contribution in [0.5, 0.6) is 0 Å². The average molecular weight is 294 g/mol. The summed E-state index contributed by atoms with van der Waals surface area (Å²) in [6.45, 7) is 1.41. The molecule has 0 heterocycles. The van der Waals surface area contributed by atoms with Crippen LogP contribution in [0.2, 0.25) is 0 Å². The number of carbonyl (C=O) groups excluding carboxylic acids is 1. The molecule has 0 radical (unpaired) electrons. The Balaban J connectivity index is 2.80. The number of nitrogens with zero attached hydrogens (tertiary/aromatic N) is 2. The minimum Gasteiger partial charge on any atom is -0.481 e. The van der Waals surface area contributed by atoms with Crippen molar-refractivity contribution in [3.8, 4) is 0 Å². The molecule has 1 amide bonds. The lowest BCUT2D eigenvalue weighted by molar-refractivity contribution is -0.137. The first-order valence-corrected chi connectivity index (χ1v) is 6.69. The van der Waals surface area contributed by atoms with E-state index in [0.717, 1.165) is 0 Å². The number of carbonyl (C=O) groups is 2. The van der Waals surface area contributed by atoms with E-state index >= 15 is 0 Å². The number of amidine groups is 1. The molecule has 0 aliphatic heterocycles. The third kappa shape index (κ3) is 5.33. The summed E-state index contributed by atoms with van der Waals surface area (Å²) in [6.07, 6.45) is 1.71. The Morgan fingerprint density at radius 3 is 2.24 bits per heavy atom. The normalized spacial score (nSPS) is 11.3. The van der Waals surface area contributed by atoms with Gasteiger partial charge in [-0.3, -0.25) is 19.5 Å². The summed E-state index contributed by atoms with van der Waals surface area (Å²) >= 11 is 0. The standard InChI is InChI=1S/C15H19FN2O3/c1-11(19)18(13-9-7-12(16)8-10-13)14(17-2)5-3-4-6-15(20)21/h7-10H,3-6H2,1-2H3,(H,20,21). The molecule has 1 aromatic carbocycles. The van der Waals surface area contributed by atoms with Crippen LogP contribution in [0.1, 0.15) is 32.6 Å². The first kappa shape index (κ1) is 16.8. The van der Waals surface area contributed by atoms with E-state index in [9.17, 15) is 14.0 Å². The fourth-order valence-corrected chi connectivity index (χ4v) is 1.99. The number of aliphatic imine (C=N–C) groups is 1. The average Bonchev–Trinajstić information content (AvgIpc) is 2.43. The molecule has 0 saturated carbocycles. The van der Waals surface area contributed by atoms with Crippen molar-refractivity contribution >= 4 is 23.4 Å². The van der Waals surface area contributed by atoms with Crippen LogP contribution in [0.3, 0.4) is 0 Å². The highest BCUT2D eigenvalue weighted by atomic mass is 19.1. The molecule has 1 N–H and O–H groups in total. The molecule has 0 fully saturated rings. The van der Waals surface area contributed by atoms with Gasteiger partial charge in [-0.15, -0.1) is 0 Å². The number of rotatable bonds is 6. The number of carboxylic acids is 1. The van der Waals surface area contributed by atoms with Gasteiger partial charge in [0.2, 0.25) is 5.91 Å². The Morgan fingerprint density at radius 1 is 1.19 bits per heavy atom. The zero-order valence-electron chi connectivity index (χ0n) is 12.2. The van der Waals surface area contributed by atoms with Gasteiger partial charge in [0.05, 0.1) is 5.69 Å². The second kappa shape index (κ2) is 8.14. The Morgan fingerprint density at radius 2 is 1.76 bits per heavy atom. The van der Waals surface area contributed by atoms with Crippen LogP contribution in [-0.4, -0.2) is 29.9 Å². The van der Waals surface area contributed by atoms with Crippen molar-refractivity contribution in [3.05, 3.63) is 30.1 Å². The summed E-state index contributed by atoms with van der Waals surface area (Å²) in [5, 5.41) is 8.61. The maximum absolute atomic E-state index is 13.0. The van der Waals surface area contributed by atoms with Crippen molar-refractivity contribution in [2.45, 2.75) is 32.6 Å². The SMILES string of the molecule is CN=C(CCCCC(=O)O)N(C(C)=O)c1ccc(F)cc1. The summed E-state index contributed by atoms with van der Waals surface area (Å²) < 4.78 is 13.0. The van der Waals surface area contributed by atoms with Crippen molar-refractivity contribution in [2.75, 3.05) is 11.9 Å². The molecule has 21 heavy (non-hydrogen) atoms. The zero-order valence-corrected chi connectivity index (χ0v) is 12.2. The number of benzene rings is 1. The molecule has 0 aliphatic rings. The van der Waals surface area contributed by atoms with Gasteiger partial charge in [-0.05, 0) is 37.1 Å². The first-order chi connectivity index (χ1) is 9.95. The van der Waals surface area contributed by atoms with Gasteiger partial charge in [-0.2, -0.15) is 0 Å². The van der Waals surface area contributed by atoms with Gasteiger partial charge >= 0.3 is 5.97 Å². The van der Waals surface area contributed by atoms with Crippen LogP contribution in [0, 0.1) is 5.82 Å². The lowest BCUT2D eigenvalue weighted by Gasteiger charge is -2.23. The highest BCUT2D eigenvalue weighted by molar-refractivity contribution is 6.16. The van der Waals surface area contributed by atoms with Crippen molar-refractivity contribution in [2.24, 2.45) is 4.99 Å². The van der Waals surface area contributed by atoms with Crippen LogP contribution in [0.25, 0.3) is 0 Å².